The summed E-state index contributed by atoms with van der Waals surface area (Å²) >= 11 is 0. The molecule has 1 aliphatic rings. The molecule has 70 valence electrons. The van der Waals surface area contributed by atoms with Gasteiger partial charge < -0.3 is 9.84 Å². The van der Waals surface area contributed by atoms with Crippen LogP contribution in [-0.4, -0.2) is 18.3 Å². The Morgan fingerprint density at radius 2 is 2.15 bits per heavy atom. The fourth-order valence-electron chi connectivity index (χ4n) is 1.60. The highest BCUT2D eigenvalue weighted by molar-refractivity contribution is 5.37. The number of para-hydroxylation sites is 1. The van der Waals surface area contributed by atoms with Gasteiger partial charge in [0.15, 0.2) is 5.67 Å². The van der Waals surface area contributed by atoms with Crippen LogP contribution in [0.4, 0.5) is 4.39 Å². The number of ether oxygens (including phenoxy) is 1. The molecule has 1 N–H and O–H groups in total. The standard InChI is InChI=1S/C10H11FO2/c11-10(5-6-13-7-10)8-3-1-2-4-9(8)12/h1-4,12H,5-7H2. The maximum absolute atomic E-state index is 14.0. The summed E-state index contributed by atoms with van der Waals surface area (Å²) in [4.78, 5) is 0. The molecule has 0 amide bonds. The van der Waals surface area contributed by atoms with E-state index in [-0.39, 0.29) is 12.4 Å². The molecule has 1 aliphatic heterocycles. The van der Waals surface area contributed by atoms with Crippen LogP contribution in [0.1, 0.15) is 12.0 Å². The second-order valence-corrected chi connectivity index (χ2v) is 3.29. The first-order valence-electron chi connectivity index (χ1n) is 4.27. The van der Waals surface area contributed by atoms with Crippen molar-refractivity contribution < 1.29 is 14.2 Å². The van der Waals surface area contributed by atoms with Crippen LogP contribution in [-0.2, 0) is 10.4 Å². The van der Waals surface area contributed by atoms with Gasteiger partial charge in [0.2, 0.25) is 0 Å². The first kappa shape index (κ1) is 8.51. The lowest BCUT2D eigenvalue weighted by molar-refractivity contribution is 0.109. The van der Waals surface area contributed by atoms with Crippen LogP contribution in [0.25, 0.3) is 0 Å². The van der Waals surface area contributed by atoms with Crippen molar-refractivity contribution >= 4 is 0 Å². The van der Waals surface area contributed by atoms with Gasteiger partial charge in [-0.3, -0.25) is 0 Å². The van der Waals surface area contributed by atoms with E-state index < -0.39 is 5.67 Å². The highest BCUT2D eigenvalue weighted by atomic mass is 19.1. The monoisotopic (exact) mass is 182 g/mol. The van der Waals surface area contributed by atoms with E-state index in [1.54, 1.807) is 18.2 Å². The highest BCUT2D eigenvalue weighted by Gasteiger charge is 2.38. The van der Waals surface area contributed by atoms with E-state index in [2.05, 4.69) is 0 Å². The van der Waals surface area contributed by atoms with Crippen LogP contribution < -0.4 is 0 Å². The summed E-state index contributed by atoms with van der Waals surface area (Å²) in [6.07, 6.45) is 0.324. The molecule has 1 aromatic carbocycles. The number of aromatic hydroxyl groups is 1. The molecule has 1 unspecified atom stereocenters. The number of hydrogen-bond acceptors (Lipinski definition) is 2. The zero-order valence-corrected chi connectivity index (χ0v) is 7.16. The summed E-state index contributed by atoms with van der Waals surface area (Å²) in [5.41, 5.74) is -1.15. The zero-order valence-electron chi connectivity index (χ0n) is 7.16. The van der Waals surface area contributed by atoms with Gasteiger partial charge in [-0.1, -0.05) is 18.2 Å². The summed E-state index contributed by atoms with van der Waals surface area (Å²) in [5.74, 6) is 0.00972. The SMILES string of the molecule is Oc1ccccc1C1(F)CCOC1. The minimum atomic E-state index is -1.49. The van der Waals surface area contributed by atoms with E-state index in [1.807, 2.05) is 0 Å². The molecule has 13 heavy (non-hydrogen) atoms. The van der Waals surface area contributed by atoms with Crippen molar-refractivity contribution in [1.29, 1.82) is 0 Å². The maximum atomic E-state index is 14.0. The Bertz CT molecular complexity index is 306. The minimum absolute atomic E-state index is 0.00972. The van der Waals surface area contributed by atoms with Crippen molar-refractivity contribution in [2.45, 2.75) is 12.1 Å². The number of phenolic OH excluding ortho intramolecular Hbond substituents is 1. The van der Waals surface area contributed by atoms with Crippen LogP contribution in [0.3, 0.4) is 0 Å². The number of alkyl halides is 1. The minimum Gasteiger partial charge on any atom is -0.508 e. The Balaban J connectivity index is 2.39. The molecule has 3 heteroatoms. The molecule has 0 aliphatic carbocycles. The van der Waals surface area contributed by atoms with Gasteiger partial charge in [0.05, 0.1) is 13.2 Å². The lowest BCUT2D eigenvalue weighted by Crippen LogP contribution is -2.19. The number of phenols is 1. The second-order valence-electron chi connectivity index (χ2n) is 3.29. The topological polar surface area (TPSA) is 29.5 Å². The summed E-state index contributed by atoms with van der Waals surface area (Å²) in [6.45, 7) is 0.468. The first-order chi connectivity index (χ1) is 6.22. The van der Waals surface area contributed by atoms with Crippen molar-refractivity contribution in [3.05, 3.63) is 29.8 Å². The van der Waals surface area contributed by atoms with Gasteiger partial charge in [0, 0.05) is 12.0 Å². The molecule has 1 heterocycles. The van der Waals surface area contributed by atoms with Crippen molar-refractivity contribution in [3.8, 4) is 5.75 Å². The van der Waals surface area contributed by atoms with Gasteiger partial charge >= 0.3 is 0 Å². The molecule has 1 saturated heterocycles. The van der Waals surface area contributed by atoms with Gasteiger partial charge in [-0.15, -0.1) is 0 Å². The molecule has 0 spiro atoms. The van der Waals surface area contributed by atoms with Gasteiger partial charge in [-0.05, 0) is 6.07 Å². The van der Waals surface area contributed by atoms with Gasteiger partial charge in [0.1, 0.15) is 5.75 Å². The molecular formula is C10H11FO2. The average Bonchev–Trinajstić information content (AvgIpc) is 2.54. The normalized spacial score (nSPS) is 27.8. The first-order valence-corrected chi connectivity index (χ1v) is 4.27. The van der Waals surface area contributed by atoms with Crippen molar-refractivity contribution in [1.82, 2.24) is 0 Å². The molecule has 0 saturated carbocycles. The Morgan fingerprint density at radius 1 is 1.38 bits per heavy atom. The van der Waals surface area contributed by atoms with E-state index in [1.165, 1.54) is 6.07 Å². The number of hydrogen-bond donors (Lipinski definition) is 1. The Labute approximate surface area is 76.0 Å². The predicted octanol–water partition coefficient (Wildman–Crippen LogP) is 1.98. The second kappa shape index (κ2) is 3.00. The molecule has 0 radical (unpaired) electrons. The third kappa shape index (κ3) is 1.40. The third-order valence-corrected chi connectivity index (χ3v) is 2.36. The van der Waals surface area contributed by atoms with Gasteiger partial charge in [-0.25, -0.2) is 4.39 Å². The van der Waals surface area contributed by atoms with Crippen LogP contribution in [0, 0.1) is 0 Å². The summed E-state index contributed by atoms with van der Waals surface area (Å²) < 4.78 is 19.0. The Hall–Kier alpha value is -1.09. The summed E-state index contributed by atoms with van der Waals surface area (Å²) in [5, 5.41) is 9.44. The molecule has 0 bridgehead atoms. The fraction of sp³-hybridized carbons (Fsp3) is 0.400. The van der Waals surface area contributed by atoms with Crippen LogP contribution >= 0.6 is 0 Å². The van der Waals surface area contributed by atoms with Crippen molar-refractivity contribution in [3.63, 3.8) is 0 Å². The smallest absolute Gasteiger partial charge is 0.164 e. The lowest BCUT2D eigenvalue weighted by Gasteiger charge is -2.18. The lowest BCUT2D eigenvalue weighted by atomic mass is 9.94. The predicted molar refractivity (Wildman–Crippen MR) is 46.3 cm³/mol. The molecule has 1 fully saturated rings. The molecule has 1 atom stereocenters. The third-order valence-electron chi connectivity index (χ3n) is 2.36. The maximum Gasteiger partial charge on any atom is 0.164 e. The quantitative estimate of drug-likeness (QED) is 0.719. The summed E-state index contributed by atoms with van der Waals surface area (Å²) in [6, 6.07) is 6.49. The molecule has 0 aromatic heterocycles. The van der Waals surface area contributed by atoms with Crippen LogP contribution in [0.5, 0.6) is 5.75 Å². The molecule has 1 aromatic rings. The van der Waals surface area contributed by atoms with E-state index >= 15 is 0 Å². The molecule has 2 nitrogen and oxygen atoms in total. The highest BCUT2D eigenvalue weighted by Crippen LogP contribution is 2.38. The number of halogens is 1. The van der Waals surface area contributed by atoms with Crippen LogP contribution in [0.15, 0.2) is 24.3 Å². The Kier molecular flexibility index (Phi) is 1.96. The van der Waals surface area contributed by atoms with E-state index in [4.69, 9.17) is 4.74 Å². The van der Waals surface area contributed by atoms with Crippen LogP contribution in [0.2, 0.25) is 0 Å². The molecular weight excluding hydrogens is 171 g/mol. The zero-order chi connectivity index (χ0) is 9.31. The van der Waals surface area contributed by atoms with E-state index in [0.717, 1.165) is 0 Å². The van der Waals surface area contributed by atoms with Crippen molar-refractivity contribution in [2.24, 2.45) is 0 Å². The van der Waals surface area contributed by atoms with Gasteiger partial charge in [0.25, 0.3) is 0 Å². The average molecular weight is 182 g/mol. The van der Waals surface area contributed by atoms with Crippen molar-refractivity contribution in [2.75, 3.05) is 13.2 Å². The number of benzene rings is 1. The Morgan fingerprint density at radius 3 is 2.77 bits per heavy atom. The van der Waals surface area contributed by atoms with Gasteiger partial charge in [-0.2, -0.15) is 0 Å². The fourth-order valence-corrected chi connectivity index (χ4v) is 1.60. The summed E-state index contributed by atoms with van der Waals surface area (Å²) in [7, 11) is 0. The van der Waals surface area contributed by atoms with E-state index in [9.17, 15) is 9.50 Å². The largest absolute Gasteiger partial charge is 0.508 e. The molecule has 2 rings (SSSR count). The number of rotatable bonds is 1. The van der Waals surface area contributed by atoms with E-state index in [0.29, 0.717) is 18.6 Å².